The molecule has 3 rings (SSSR count). The topological polar surface area (TPSA) is 49.8 Å². The van der Waals surface area contributed by atoms with Gasteiger partial charge in [0.1, 0.15) is 11.2 Å². The van der Waals surface area contributed by atoms with Crippen molar-refractivity contribution >= 4 is 6.09 Å². The van der Waals surface area contributed by atoms with Gasteiger partial charge in [-0.15, -0.1) is 0 Å². The van der Waals surface area contributed by atoms with Crippen LogP contribution in [0.2, 0.25) is 0 Å². The molecule has 2 aromatic rings. The van der Waals surface area contributed by atoms with Crippen LogP contribution in [0.15, 0.2) is 54.6 Å². The molecule has 156 valence electrons. The van der Waals surface area contributed by atoms with Gasteiger partial charge in [0.2, 0.25) is 0 Å². The van der Waals surface area contributed by atoms with Crippen molar-refractivity contribution in [2.24, 2.45) is 5.92 Å². The molecule has 2 aromatic carbocycles. The average Bonchev–Trinajstić information content (AvgIpc) is 2.59. The van der Waals surface area contributed by atoms with Crippen LogP contribution in [-0.4, -0.2) is 34.8 Å². The molecule has 1 atom stereocenters. The number of likely N-dealkylation sites (tertiary alicyclic amines) is 1. The summed E-state index contributed by atoms with van der Waals surface area (Å²) in [5, 5.41) is 11.6. The minimum Gasteiger partial charge on any atom is -0.444 e. The van der Waals surface area contributed by atoms with Crippen LogP contribution in [-0.2, 0) is 16.5 Å². The lowest BCUT2D eigenvalue weighted by atomic mass is 9.72. The first kappa shape index (κ1) is 21.2. The summed E-state index contributed by atoms with van der Waals surface area (Å²) >= 11 is 0. The van der Waals surface area contributed by atoms with Crippen LogP contribution in [0.25, 0.3) is 0 Å². The fourth-order valence-electron chi connectivity index (χ4n) is 3.46. The van der Waals surface area contributed by atoms with E-state index in [1.165, 1.54) is 17.0 Å². The van der Waals surface area contributed by atoms with Gasteiger partial charge in [-0.2, -0.15) is 13.2 Å². The second-order valence-electron chi connectivity index (χ2n) is 8.29. The van der Waals surface area contributed by atoms with E-state index in [-0.39, 0.29) is 19.0 Å². The van der Waals surface area contributed by atoms with E-state index in [2.05, 4.69) is 0 Å². The van der Waals surface area contributed by atoms with Gasteiger partial charge < -0.3 is 14.7 Å². The third kappa shape index (κ3) is 4.40. The summed E-state index contributed by atoms with van der Waals surface area (Å²) in [5.74, 6) is -0.380. The Balaban J connectivity index is 1.88. The first-order valence-electron chi connectivity index (χ1n) is 9.35. The number of nitrogens with zero attached hydrogens (tertiary/aromatic N) is 1. The molecule has 4 nitrogen and oxygen atoms in total. The third-order valence-corrected chi connectivity index (χ3v) is 4.99. The molecule has 0 bridgehead atoms. The number of benzene rings is 2. The first-order chi connectivity index (χ1) is 13.4. The zero-order valence-electron chi connectivity index (χ0n) is 16.5. The number of halogens is 3. The van der Waals surface area contributed by atoms with Gasteiger partial charge in [-0.1, -0.05) is 42.5 Å². The number of alkyl halides is 3. The maximum atomic E-state index is 12.9. The molecule has 0 aliphatic carbocycles. The summed E-state index contributed by atoms with van der Waals surface area (Å²) in [6, 6.07) is 13.3. The van der Waals surface area contributed by atoms with Crippen LogP contribution in [0, 0.1) is 5.92 Å². The number of hydrogen-bond acceptors (Lipinski definition) is 3. The SMILES string of the molecule is CC(C)(C)OC(=O)N1CC(C(O)(c2ccccc2)c2ccc(C(F)(F)F)cc2)C1. The lowest BCUT2D eigenvalue weighted by Gasteiger charge is -2.48. The number of hydrogen-bond donors (Lipinski definition) is 1. The van der Waals surface area contributed by atoms with Gasteiger partial charge in [-0.25, -0.2) is 4.79 Å². The fourth-order valence-corrected chi connectivity index (χ4v) is 3.46. The predicted molar refractivity (Wildman–Crippen MR) is 102 cm³/mol. The molecule has 0 saturated carbocycles. The fraction of sp³-hybridized carbons (Fsp3) is 0.409. The lowest BCUT2D eigenvalue weighted by Crippen LogP contribution is -2.59. The van der Waals surface area contributed by atoms with Crippen LogP contribution in [0.3, 0.4) is 0 Å². The quantitative estimate of drug-likeness (QED) is 0.795. The zero-order valence-corrected chi connectivity index (χ0v) is 16.5. The number of carbonyl (C=O) groups excluding carboxylic acids is 1. The van der Waals surface area contributed by atoms with Crippen molar-refractivity contribution in [2.45, 2.75) is 38.1 Å². The monoisotopic (exact) mass is 407 g/mol. The molecule has 1 heterocycles. The van der Waals surface area contributed by atoms with Crippen LogP contribution in [0.4, 0.5) is 18.0 Å². The standard InChI is InChI=1S/C22H24F3NO3/c1-20(2,3)29-19(27)26-13-18(14-26)21(28,15-7-5-4-6-8-15)16-9-11-17(12-10-16)22(23,24)25/h4-12,18,28H,13-14H2,1-3H3. The minimum atomic E-state index is -4.45. The smallest absolute Gasteiger partial charge is 0.416 e. The van der Waals surface area contributed by atoms with E-state index in [0.29, 0.717) is 11.1 Å². The van der Waals surface area contributed by atoms with Gasteiger partial charge in [0.25, 0.3) is 0 Å². The Kier molecular flexibility index (Phi) is 5.38. The minimum absolute atomic E-state index is 0.237. The van der Waals surface area contributed by atoms with E-state index in [1.807, 2.05) is 0 Å². The summed E-state index contributed by atoms with van der Waals surface area (Å²) in [6.07, 6.45) is -4.93. The Labute approximate surface area is 167 Å². The number of amides is 1. The average molecular weight is 407 g/mol. The second-order valence-corrected chi connectivity index (χ2v) is 8.29. The largest absolute Gasteiger partial charge is 0.444 e. The number of carbonyl (C=O) groups is 1. The molecule has 0 spiro atoms. The number of ether oxygens (including phenoxy) is 1. The Morgan fingerprint density at radius 1 is 0.931 bits per heavy atom. The molecule has 7 heteroatoms. The van der Waals surface area contributed by atoms with E-state index in [9.17, 15) is 23.1 Å². The van der Waals surface area contributed by atoms with E-state index in [0.717, 1.165) is 12.1 Å². The Bertz CT molecular complexity index is 854. The van der Waals surface area contributed by atoms with Crippen LogP contribution in [0.5, 0.6) is 0 Å². The predicted octanol–water partition coefficient (Wildman–Crippen LogP) is 4.81. The van der Waals surface area contributed by atoms with Gasteiger partial charge in [0.05, 0.1) is 5.56 Å². The lowest BCUT2D eigenvalue weighted by molar-refractivity contribution is -0.137. The van der Waals surface area contributed by atoms with Crippen molar-refractivity contribution in [3.63, 3.8) is 0 Å². The molecule has 1 aliphatic heterocycles. The van der Waals surface area contributed by atoms with Crippen LogP contribution in [0.1, 0.15) is 37.5 Å². The van der Waals surface area contributed by atoms with Crippen molar-refractivity contribution in [3.05, 3.63) is 71.3 Å². The zero-order chi connectivity index (χ0) is 21.4. The molecule has 0 aromatic heterocycles. The van der Waals surface area contributed by atoms with Crippen molar-refractivity contribution in [1.29, 1.82) is 0 Å². The highest BCUT2D eigenvalue weighted by atomic mass is 19.4. The number of rotatable bonds is 3. The normalized spacial score (nSPS) is 17.4. The Morgan fingerprint density at radius 3 is 1.90 bits per heavy atom. The van der Waals surface area contributed by atoms with Gasteiger partial charge in [0.15, 0.2) is 0 Å². The van der Waals surface area contributed by atoms with Gasteiger partial charge in [-0.05, 0) is 44.0 Å². The summed E-state index contributed by atoms with van der Waals surface area (Å²) in [4.78, 5) is 13.7. The molecular formula is C22H24F3NO3. The number of aliphatic hydroxyl groups is 1. The second kappa shape index (κ2) is 7.37. The molecule has 1 amide bonds. The summed E-state index contributed by atoms with van der Waals surface area (Å²) in [5.41, 5.74) is -2.02. The van der Waals surface area contributed by atoms with E-state index < -0.39 is 29.0 Å². The summed E-state index contributed by atoms with van der Waals surface area (Å²) in [6.45, 7) is 5.78. The Hall–Kier alpha value is -2.54. The first-order valence-corrected chi connectivity index (χ1v) is 9.35. The van der Waals surface area contributed by atoms with Crippen molar-refractivity contribution < 1.29 is 27.8 Å². The van der Waals surface area contributed by atoms with Crippen molar-refractivity contribution in [2.75, 3.05) is 13.1 Å². The van der Waals surface area contributed by atoms with Crippen molar-refractivity contribution in [3.8, 4) is 0 Å². The third-order valence-electron chi connectivity index (χ3n) is 4.99. The molecule has 1 saturated heterocycles. The van der Waals surface area contributed by atoms with Gasteiger partial charge in [-0.3, -0.25) is 0 Å². The maximum Gasteiger partial charge on any atom is 0.416 e. The molecule has 1 aliphatic rings. The van der Waals surface area contributed by atoms with Gasteiger partial charge in [0, 0.05) is 19.0 Å². The van der Waals surface area contributed by atoms with E-state index in [4.69, 9.17) is 4.74 Å². The molecule has 1 N–H and O–H groups in total. The van der Waals surface area contributed by atoms with E-state index in [1.54, 1.807) is 51.1 Å². The van der Waals surface area contributed by atoms with E-state index >= 15 is 0 Å². The molecule has 0 radical (unpaired) electrons. The van der Waals surface area contributed by atoms with Crippen LogP contribution < -0.4 is 0 Å². The molecule has 29 heavy (non-hydrogen) atoms. The van der Waals surface area contributed by atoms with Crippen LogP contribution >= 0.6 is 0 Å². The van der Waals surface area contributed by atoms with Gasteiger partial charge >= 0.3 is 12.3 Å². The highest BCUT2D eigenvalue weighted by Crippen LogP contribution is 2.42. The maximum absolute atomic E-state index is 12.9. The highest BCUT2D eigenvalue weighted by molar-refractivity contribution is 5.69. The summed E-state index contributed by atoms with van der Waals surface area (Å²) < 4.78 is 44.1. The molecular weight excluding hydrogens is 383 g/mol. The molecule has 1 fully saturated rings. The summed E-state index contributed by atoms with van der Waals surface area (Å²) in [7, 11) is 0. The molecule has 1 unspecified atom stereocenters. The highest BCUT2D eigenvalue weighted by Gasteiger charge is 2.48. The Morgan fingerprint density at radius 2 is 1.41 bits per heavy atom. The van der Waals surface area contributed by atoms with Crippen molar-refractivity contribution in [1.82, 2.24) is 4.90 Å².